The zero-order valence-corrected chi connectivity index (χ0v) is 18.6. The van der Waals surface area contributed by atoms with Gasteiger partial charge >= 0.3 is 0 Å². The lowest BCUT2D eigenvalue weighted by Crippen LogP contribution is -2.36. The molecule has 0 aliphatic heterocycles. The molecule has 31 heavy (non-hydrogen) atoms. The van der Waals surface area contributed by atoms with E-state index in [2.05, 4.69) is 15.6 Å². The summed E-state index contributed by atoms with van der Waals surface area (Å²) in [6.07, 6.45) is 3.00. The van der Waals surface area contributed by atoms with Gasteiger partial charge < -0.3 is 19.8 Å². The van der Waals surface area contributed by atoms with E-state index >= 15 is 0 Å². The number of rotatable bonds is 7. The highest BCUT2D eigenvalue weighted by molar-refractivity contribution is 5.99. The van der Waals surface area contributed by atoms with Gasteiger partial charge in [-0.1, -0.05) is 26.0 Å². The summed E-state index contributed by atoms with van der Waals surface area (Å²) in [5, 5.41) is 5.53. The molecule has 0 atom stereocenters. The Morgan fingerprint density at radius 1 is 1.00 bits per heavy atom. The third-order valence-electron chi connectivity index (χ3n) is 5.09. The Kier molecular flexibility index (Phi) is 6.58. The number of pyridine rings is 1. The molecule has 0 fully saturated rings. The molecule has 0 aliphatic rings. The van der Waals surface area contributed by atoms with Crippen molar-refractivity contribution in [2.24, 2.45) is 13.0 Å². The molecule has 3 aromatic rings. The molecule has 0 radical (unpaired) electrons. The Hall–Kier alpha value is -3.42. The molecule has 0 bridgehead atoms. The Morgan fingerprint density at radius 2 is 1.61 bits per heavy atom. The zero-order chi connectivity index (χ0) is 22.7. The standard InChI is InChI=1S/C23H29N5O3/c1-14(2)10-24-22(30)16-12-28(15(3)4)13-17(21(16)29)23(31)25-11-20-26-18-8-6-7-9-19(18)27(20)5/h6-9,12-15H,10-11H2,1-5H3,(H,24,30)(H,25,31). The van der Waals surface area contributed by atoms with E-state index in [-0.39, 0.29) is 29.6 Å². The maximum absolute atomic E-state index is 12.9. The van der Waals surface area contributed by atoms with Crippen molar-refractivity contribution in [3.8, 4) is 0 Å². The van der Waals surface area contributed by atoms with Crippen molar-refractivity contribution in [3.05, 3.63) is 63.8 Å². The summed E-state index contributed by atoms with van der Waals surface area (Å²) in [4.78, 5) is 42.9. The molecule has 0 aliphatic carbocycles. The molecule has 0 saturated heterocycles. The van der Waals surface area contributed by atoms with Gasteiger partial charge in [0.05, 0.1) is 17.6 Å². The predicted octanol–water partition coefficient (Wildman–Crippen LogP) is 2.63. The fourth-order valence-corrected chi connectivity index (χ4v) is 3.22. The van der Waals surface area contributed by atoms with Gasteiger partial charge in [-0.25, -0.2) is 4.98 Å². The van der Waals surface area contributed by atoms with Crippen LogP contribution in [0.1, 0.15) is 60.3 Å². The van der Waals surface area contributed by atoms with Gasteiger partial charge in [0.15, 0.2) is 0 Å². The highest BCUT2D eigenvalue weighted by Crippen LogP contribution is 2.14. The summed E-state index contributed by atoms with van der Waals surface area (Å²) in [7, 11) is 1.88. The Labute approximate surface area is 181 Å². The van der Waals surface area contributed by atoms with Crippen molar-refractivity contribution in [3.63, 3.8) is 0 Å². The third kappa shape index (κ3) is 4.84. The van der Waals surface area contributed by atoms with E-state index in [0.29, 0.717) is 12.4 Å². The maximum atomic E-state index is 12.9. The van der Waals surface area contributed by atoms with Crippen LogP contribution in [-0.4, -0.2) is 32.5 Å². The molecular formula is C23H29N5O3. The number of fused-ring (bicyclic) bond motifs is 1. The second-order valence-corrected chi connectivity index (χ2v) is 8.32. The first-order valence-electron chi connectivity index (χ1n) is 10.4. The Bertz CT molecular complexity index is 1170. The van der Waals surface area contributed by atoms with Crippen LogP contribution in [0.2, 0.25) is 0 Å². The average Bonchev–Trinajstić information content (AvgIpc) is 3.06. The quantitative estimate of drug-likeness (QED) is 0.610. The first-order chi connectivity index (χ1) is 14.7. The molecule has 2 N–H and O–H groups in total. The molecule has 0 unspecified atom stereocenters. The molecule has 8 nitrogen and oxygen atoms in total. The van der Waals surface area contributed by atoms with Crippen molar-refractivity contribution < 1.29 is 9.59 Å². The minimum atomic E-state index is -0.583. The number of para-hydroxylation sites is 2. The number of carbonyl (C=O) groups excluding carboxylic acids is 2. The van der Waals surface area contributed by atoms with E-state index in [9.17, 15) is 14.4 Å². The van der Waals surface area contributed by atoms with Crippen LogP contribution in [-0.2, 0) is 13.6 Å². The van der Waals surface area contributed by atoms with E-state index in [0.717, 1.165) is 11.0 Å². The van der Waals surface area contributed by atoms with Crippen LogP contribution in [0.25, 0.3) is 11.0 Å². The molecule has 0 saturated carbocycles. The van der Waals surface area contributed by atoms with Gasteiger partial charge in [-0.15, -0.1) is 0 Å². The third-order valence-corrected chi connectivity index (χ3v) is 5.09. The Balaban J connectivity index is 1.87. The lowest BCUT2D eigenvalue weighted by atomic mass is 10.1. The average molecular weight is 424 g/mol. The number of nitrogens with zero attached hydrogens (tertiary/aromatic N) is 3. The topological polar surface area (TPSA) is 98.0 Å². The number of nitrogens with one attached hydrogen (secondary N) is 2. The molecule has 0 spiro atoms. The Morgan fingerprint density at radius 3 is 2.19 bits per heavy atom. The van der Waals surface area contributed by atoms with Gasteiger partial charge in [0, 0.05) is 32.0 Å². The SMILES string of the molecule is CC(C)CNC(=O)c1cn(C(C)C)cc(C(=O)NCc2nc3ccccc3n2C)c1=O. The van der Waals surface area contributed by atoms with Gasteiger partial charge in [-0.2, -0.15) is 0 Å². The summed E-state index contributed by atoms with van der Waals surface area (Å²) in [6, 6.07) is 7.66. The second kappa shape index (κ2) is 9.16. The summed E-state index contributed by atoms with van der Waals surface area (Å²) in [6.45, 7) is 8.38. The largest absolute Gasteiger partial charge is 0.352 e. The number of aryl methyl sites for hydroxylation is 1. The number of hydrogen-bond donors (Lipinski definition) is 2. The molecule has 2 aromatic heterocycles. The van der Waals surface area contributed by atoms with Crippen molar-refractivity contribution >= 4 is 22.8 Å². The first-order valence-corrected chi connectivity index (χ1v) is 10.4. The van der Waals surface area contributed by atoms with E-state index < -0.39 is 17.2 Å². The summed E-state index contributed by atoms with van der Waals surface area (Å²) >= 11 is 0. The normalized spacial score (nSPS) is 11.3. The van der Waals surface area contributed by atoms with Crippen molar-refractivity contribution in [2.75, 3.05) is 6.54 Å². The molecule has 1 aromatic carbocycles. The van der Waals surface area contributed by atoms with Gasteiger partial charge in [0.2, 0.25) is 5.43 Å². The monoisotopic (exact) mass is 423 g/mol. The minimum absolute atomic E-state index is 0.0244. The molecule has 164 valence electrons. The first kappa shape index (κ1) is 22.3. The highest BCUT2D eigenvalue weighted by Gasteiger charge is 2.20. The predicted molar refractivity (Wildman–Crippen MR) is 120 cm³/mol. The molecule has 8 heteroatoms. The molecule has 2 heterocycles. The summed E-state index contributed by atoms with van der Waals surface area (Å²) < 4.78 is 3.60. The number of hydrogen-bond acceptors (Lipinski definition) is 4. The maximum Gasteiger partial charge on any atom is 0.257 e. The van der Waals surface area contributed by atoms with Crippen LogP contribution in [0.15, 0.2) is 41.5 Å². The second-order valence-electron chi connectivity index (χ2n) is 8.32. The molecule has 3 rings (SSSR count). The van der Waals surface area contributed by atoms with Crippen LogP contribution in [0.4, 0.5) is 0 Å². The van der Waals surface area contributed by atoms with Crippen LogP contribution in [0, 0.1) is 5.92 Å². The zero-order valence-electron chi connectivity index (χ0n) is 18.6. The number of aromatic nitrogens is 3. The molecular weight excluding hydrogens is 394 g/mol. The lowest BCUT2D eigenvalue weighted by Gasteiger charge is -2.15. The number of amides is 2. The smallest absolute Gasteiger partial charge is 0.257 e. The number of carbonyl (C=O) groups is 2. The van der Waals surface area contributed by atoms with Gasteiger partial charge in [-0.05, 0) is 31.9 Å². The minimum Gasteiger partial charge on any atom is -0.352 e. The highest BCUT2D eigenvalue weighted by atomic mass is 16.2. The van der Waals surface area contributed by atoms with Gasteiger partial charge in [0.1, 0.15) is 17.0 Å². The van der Waals surface area contributed by atoms with E-state index in [1.807, 2.05) is 63.6 Å². The fourth-order valence-electron chi connectivity index (χ4n) is 3.22. The fraction of sp³-hybridized carbons (Fsp3) is 0.391. The van der Waals surface area contributed by atoms with Crippen molar-refractivity contribution in [1.82, 2.24) is 24.8 Å². The van der Waals surface area contributed by atoms with Crippen LogP contribution in [0.3, 0.4) is 0 Å². The summed E-state index contributed by atoms with van der Waals surface area (Å²) in [5.74, 6) is -0.0938. The van der Waals surface area contributed by atoms with Crippen molar-refractivity contribution in [2.45, 2.75) is 40.3 Å². The van der Waals surface area contributed by atoms with Crippen molar-refractivity contribution in [1.29, 1.82) is 0 Å². The summed E-state index contributed by atoms with van der Waals surface area (Å²) in [5.41, 5.74) is 1.10. The van der Waals surface area contributed by atoms with Crippen LogP contribution in [0.5, 0.6) is 0 Å². The lowest BCUT2D eigenvalue weighted by molar-refractivity contribution is 0.0945. The van der Waals surface area contributed by atoms with Crippen LogP contribution >= 0.6 is 0 Å². The number of imidazole rings is 1. The van der Waals surface area contributed by atoms with E-state index in [4.69, 9.17) is 0 Å². The van der Waals surface area contributed by atoms with Gasteiger partial charge in [0.25, 0.3) is 11.8 Å². The van der Waals surface area contributed by atoms with Gasteiger partial charge in [-0.3, -0.25) is 14.4 Å². The molecule has 2 amide bonds. The van der Waals surface area contributed by atoms with E-state index in [1.165, 1.54) is 12.4 Å². The van der Waals surface area contributed by atoms with Crippen LogP contribution < -0.4 is 16.1 Å². The van der Waals surface area contributed by atoms with E-state index in [1.54, 1.807) is 4.57 Å². The number of benzene rings is 1.